The van der Waals surface area contributed by atoms with E-state index in [4.69, 9.17) is 16.6 Å². The standard InChI is InChI=1S/C25H25ClN6O/c1-18-8-9-20(17-21(18)26)32-23(33)22(16-19-6-3-2-4-7-19)29-25(32)31-14-12-30(13-15-31)24-27-10-5-11-28-24/h2-11,17,22H,12-16H2,1H3. The van der Waals surface area contributed by atoms with Gasteiger partial charge in [-0.2, -0.15) is 0 Å². The number of halogens is 1. The number of nitrogens with zero attached hydrogens (tertiary/aromatic N) is 6. The van der Waals surface area contributed by atoms with E-state index in [1.807, 2.05) is 61.5 Å². The maximum absolute atomic E-state index is 13.6. The first-order valence-electron chi connectivity index (χ1n) is 11.1. The summed E-state index contributed by atoms with van der Waals surface area (Å²) in [5, 5.41) is 0.636. The number of piperazine rings is 1. The van der Waals surface area contributed by atoms with Gasteiger partial charge in [0.15, 0.2) is 0 Å². The van der Waals surface area contributed by atoms with Crippen molar-refractivity contribution in [3.05, 3.63) is 83.1 Å². The van der Waals surface area contributed by atoms with Crippen molar-refractivity contribution in [2.24, 2.45) is 4.99 Å². The highest BCUT2D eigenvalue weighted by Gasteiger charge is 2.39. The Kier molecular flexibility index (Phi) is 5.96. The predicted octanol–water partition coefficient (Wildman–Crippen LogP) is 3.57. The number of carbonyl (C=O) groups excluding carboxylic acids is 1. The zero-order valence-electron chi connectivity index (χ0n) is 18.4. The predicted molar refractivity (Wildman–Crippen MR) is 131 cm³/mol. The van der Waals surface area contributed by atoms with Gasteiger partial charge in [-0.3, -0.25) is 4.79 Å². The second-order valence-electron chi connectivity index (χ2n) is 8.26. The molecule has 1 fully saturated rings. The molecule has 0 N–H and O–H groups in total. The average Bonchev–Trinajstić information content (AvgIpc) is 3.18. The van der Waals surface area contributed by atoms with Crippen LogP contribution < -0.4 is 9.80 Å². The molecule has 33 heavy (non-hydrogen) atoms. The molecule has 2 aromatic carbocycles. The summed E-state index contributed by atoms with van der Waals surface area (Å²) in [6, 6.07) is 17.1. The summed E-state index contributed by atoms with van der Waals surface area (Å²) in [6.07, 6.45) is 4.08. The van der Waals surface area contributed by atoms with E-state index in [2.05, 4.69) is 19.8 Å². The van der Waals surface area contributed by atoms with Gasteiger partial charge >= 0.3 is 0 Å². The fraction of sp³-hybridized carbons (Fsp3) is 0.280. The maximum atomic E-state index is 13.6. The molecule has 168 valence electrons. The molecule has 0 saturated carbocycles. The summed E-state index contributed by atoms with van der Waals surface area (Å²) >= 11 is 6.41. The minimum atomic E-state index is -0.460. The number of guanidine groups is 1. The largest absolute Gasteiger partial charge is 0.339 e. The van der Waals surface area contributed by atoms with Crippen molar-refractivity contribution in [1.29, 1.82) is 0 Å². The van der Waals surface area contributed by atoms with Gasteiger partial charge < -0.3 is 9.80 Å². The van der Waals surface area contributed by atoms with Gasteiger partial charge in [-0.1, -0.05) is 48.0 Å². The van der Waals surface area contributed by atoms with Gasteiger partial charge in [0.1, 0.15) is 6.04 Å². The summed E-state index contributed by atoms with van der Waals surface area (Å²) in [5.74, 6) is 1.39. The topological polar surface area (TPSA) is 64.9 Å². The van der Waals surface area contributed by atoms with Crippen LogP contribution in [0.3, 0.4) is 0 Å². The summed E-state index contributed by atoms with van der Waals surface area (Å²) in [7, 11) is 0. The molecule has 0 bridgehead atoms. The van der Waals surface area contributed by atoms with Crippen LogP contribution in [-0.4, -0.2) is 59.0 Å². The molecule has 0 spiro atoms. The van der Waals surface area contributed by atoms with Gasteiger partial charge in [0.2, 0.25) is 11.9 Å². The minimum absolute atomic E-state index is 0.0254. The van der Waals surface area contributed by atoms with Crippen molar-refractivity contribution in [3.63, 3.8) is 0 Å². The number of aliphatic imine (C=N–C) groups is 1. The summed E-state index contributed by atoms with van der Waals surface area (Å²) in [4.78, 5) is 33.3. The van der Waals surface area contributed by atoms with Gasteiger partial charge in [0.25, 0.3) is 5.91 Å². The van der Waals surface area contributed by atoms with Crippen LogP contribution in [0, 0.1) is 6.92 Å². The third-order valence-electron chi connectivity index (χ3n) is 6.06. The minimum Gasteiger partial charge on any atom is -0.339 e. The molecule has 2 aliphatic rings. The Morgan fingerprint density at radius 1 is 0.939 bits per heavy atom. The van der Waals surface area contributed by atoms with Crippen LogP contribution in [0.15, 0.2) is 72.0 Å². The molecular weight excluding hydrogens is 436 g/mol. The lowest BCUT2D eigenvalue weighted by Crippen LogP contribution is -2.53. The fourth-order valence-electron chi connectivity index (χ4n) is 4.22. The first kappa shape index (κ1) is 21.4. The Hall–Kier alpha value is -3.45. The lowest BCUT2D eigenvalue weighted by atomic mass is 10.1. The van der Waals surface area contributed by atoms with E-state index in [0.717, 1.165) is 48.9 Å². The lowest BCUT2D eigenvalue weighted by molar-refractivity contribution is -0.118. The van der Waals surface area contributed by atoms with Crippen molar-refractivity contribution < 1.29 is 4.79 Å². The Balaban J connectivity index is 1.41. The number of benzene rings is 2. The number of aryl methyl sites for hydroxylation is 1. The van der Waals surface area contributed by atoms with Gasteiger partial charge in [-0.15, -0.1) is 0 Å². The molecule has 1 saturated heterocycles. The molecule has 3 heterocycles. The highest BCUT2D eigenvalue weighted by Crippen LogP contribution is 2.29. The highest BCUT2D eigenvalue weighted by atomic mass is 35.5. The average molecular weight is 461 g/mol. The zero-order valence-corrected chi connectivity index (χ0v) is 19.2. The quantitative estimate of drug-likeness (QED) is 0.595. The molecule has 5 rings (SSSR count). The maximum Gasteiger partial charge on any atom is 0.259 e. The second-order valence-corrected chi connectivity index (χ2v) is 8.67. The third kappa shape index (κ3) is 4.41. The molecule has 1 aromatic heterocycles. The van der Waals surface area contributed by atoms with Gasteiger partial charge in [-0.05, 0) is 36.2 Å². The second kappa shape index (κ2) is 9.19. The fourth-order valence-corrected chi connectivity index (χ4v) is 4.39. The molecule has 0 radical (unpaired) electrons. The number of anilines is 2. The van der Waals surface area contributed by atoms with Crippen LogP contribution >= 0.6 is 11.6 Å². The molecule has 2 aliphatic heterocycles. The Morgan fingerprint density at radius 2 is 1.64 bits per heavy atom. The first-order chi connectivity index (χ1) is 16.1. The molecule has 1 atom stereocenters. The van der Waals surface area contributed by atoms with E-state index >= 15 is 0 Å². The van der Waals surface area contributed by atoms with Gasteiger partial charge in [0, 0.05) is 50.0 Å². The van der Waals surface area contributed by atoms with Crippen LogP contribution in [0.5, 0.6) is 0 Å². The monoisotopic (exact) mass is 460 g/mol. The first-order valence-corrected chi connectivity index (χ1v) is 11.5. The Morgan fingerprint density at radius 3 is 2.33 bits per heavy atom. The van der Waals surface area contributed by atoms with E-state index in [0.29, 0.717) is 17.4 Å². The number of carbonyl (C=O) groups is 1. The SMILES string of the molecule is Cc1ccc(N2C(=O)C(Cc3ccccc3)N=C2N2CCN(c3ncccn3)CC2)cc1Cl. The molecular formula is C25H25ClN6O. The Bertz CT molecular complexity index is 1160. The molecule has 7 nitrogen and oxygen atoms in total. The van der Waals surface area contributed by atoms with Crippen molar-refractivity contribution in [2.45, 2.75) is 19.4 Å². The molecule has 1 amide bonds. The highest BCUT2D eigenvalue weighted by molar-refractivity contribution is 6.32. The number of rotatable bonds is 4. The number of hydrogen-bond donors (Lipinski definition) is 0. The molecule has 0 aliphatic carbocycles. The van der Waals surface area contributed by atoms with E-state index in [9.17, 15) is 4.79 Å². The number of hydrogen-bond acceptors (Lipinski definition) is 6. The van der Waals surface area contributed by atoms with Crippen LogP contribution in [0.25, 0.3) is 0 Å². The number of aromatic nitrogens is 2. The summed E-state index contributed by atoms with van der Waals surface area (Å²) in [6.45, 7) is 4.90. The lowest BCUT2D eigenvalue weighted by Gasteiger charge is -2.37. The van der Waals surface area contributed by atoms with E-state index < -0.39 is 6.04 Å². The van der Waals surface area contributed by atoms with E-state index in [1.165, 1.54) is 0 Å². The molecule has 3 aromatic rings. The van der Waals surface area contributed by atoms with E-state index in [1.54, 1.807) is 17.3 Å². The summed E-state index contributed by atoms with van der Waals surface area (Å²) in [5.41, 5.74) is 2.82. The van der Waals surface area contributed by atoms with Gasteiger partial charge in [0.05, 0.1) is 5.69 Å². The third-order valence-corrected chi connectivity index (χ3v) is 6.47. The van der Waals surface area contributed by atoms with Crippen molar-refractivity contribution in [1.82, 2.24) is 14.9 Å². The zero-order chi connectivity index (χ0) is 22.8. The van der Waals surface area contributed by atoms with Crippen LogP contribution in [-0.2, 0) is 11.2 Å². The number of amides is 1. The molecule has 8 heteroatoms. The van der Waals surface area contributed by atoms with Crippen LogP contribution in [0.1, 0.15) is 11.1 Å². The van der Waals surface area contributed by atoms with Crippen molar-refractivity contribution in [3.8, 4) is 0 Å². The normalized spacial score (nSPS) is 18.6. The Labute approximate surface area is 198 Å². The van der Waals surface area contributed by atoms with Crippen LogP contribution in [0.2, 0.25) is 5.02 Å². The summed E-state index contributed by atoms with van der Waals surface area (Å²) < 4.78 is 0. The smallest absolute Gasteiger partial charge is 0.259 e. The van der Waals surface area contributed by atoms with E-state index in [-0.39, 0.29) is 5.91 Å². The van der Waals surface area contributed by atoms with Crippen LogP contribution in [0.4, 0.5) is 11.6 Å². The van der Waals surface area contributed by atoms with Crippen molar-refractivity contribution >= 4 is 35.1 Å². The van der Waals surface area contributed by atoms with Gasteiger partial charge in [-0.25, -0.2) is 19.9 Å². The van der Waals surface area contributed by atoms with Crippen molar-refractivity contribution in [2.75, 3.05) is 36.0 Å². The molecule has 1 unspecified atom stereocenters.